The number of amides is 1. The third-order valence-electron chi connectivity index (χ3n) is 3.90. The van der Waals surface area contributed by atoms with Crippen molar-refractivity contribution in [2.24, 2.45) is 5.41 Å². The van der Waals surface area contributed by atoms with Gasteiger partial charge in [-0.05, 0) is 24.7 Å². The van der Waals surface area contributed by atoms with Crippen molar-refractivity contribution < 1.29 is 14.3 Å². The molecule has 1 saturated heterocycles. The summed E-state index contributed by atoms with van der Waals surface area (Å²) in [4.78, 5) is 23.1. The second-order valence-electron chi connectivity index (χ2n) is 5.60. The second-order valence-corrected chi connectivity index (χ2v) is 5.60. The van der Waals surface area contributed by atoms with E-state index in [1.165, 1.54) is 7.11 Å². The van der Waals surface area contributed by atoms with Crippen molar-refractivity contribution in [3.63, 3.8) is 0 Å². The average Bonchev–Trinajstić information content (AvgIpc) is 2.14. The van der Waals surface area contributed by atoms with Gasteiger partial charge in [0.05, 0.1) is 19.1 Å². The van der Waals surface area contributed by atoms with Gasteiger partial charge in [-0.3, -0.25) is 9.59 Å². The minimum Gasteiger partial charge on any atom is -0.469 e. The maximum atomic E-state index is 11.7. The first-order chi connectivity index (χ1) is 7.47. The normalized spacial score (nSPS) is 37.8. The van der Waals surface area contributed by atoms with Gasteiger partial charge < -0.3 is 10.1 Å². The van der Waals surface area contributed by atoms with Gasteiger partial charge in [-0.25, -0.2) is 0 Å². The number of nitrogens with one attached hydrogen (secondary N) is 1. The Bertz CT molecular complexity index is 328. The quantitative estimate of drug-likeness (QED) is 0.722. The molecule has 4 nitrogen and oxygen atoms in total. The van der Waals surface area contributed by atoms with Gasteiger partial charge in [0.1, 0.15) is 0 Å². The van der Waals surface area contributed by atoms with Crippen LogP contribution >= 0.6 is 0 Å². The molecule has 1 N–H and O–H groups in total. The summed E-state index contributed by atoms with van der Waals surface area (Å²) in [6, 6.07) is 0. The summed E-state index contributed by atoms with van der Waals surface area (Å²) in [5, 5.41) is 3.01. The Hall–Kier alpha value is -1.06. The lowest BCUT2D eigenvalue weighted by molar-refractivity contribution is -0.146. The zero-order valence-corrected chi connectivity index (χ0v) is 9.97. The van der Waals surface area contributed by atoms with Gasteiger partial charge in [-0.2, -0.15) is 0 Å². The SMILES string of the molecule is COC(=O)C[C@@]12CCC[C@](C)(CC(=O)N1)C2. The summed E-state index contributed by atoms with van der Waals surface area (Å²) in [6.45, 7) is 2.15. The maximum Gasteiger partial charge on any atom is 0.307 e. The highest BCUT2D eigenvalue weighted by atomic mass is 16.5. The fourth-order valence-corrected chi connectivity index (χ4v) is 3.38. The molecule has 0 spiro atoms. The number of rotatable bonds is 2. The largest absolute Gasteiger partial charge is 0.469 e. The number of hydrogen-bond acceptors (Lipinski definition) is 3. The monoisotopic (exact) mass is 225 g/mol. The van der Waals surface area contributed by atoms with Crippen LogP contribution in [0.1, 0.15) is 45.4 Å². The van der Waals surface area contributed by atoms with Crippen molar-refractivity contribution >= 4 is 11.9 Å². The first-order valence-corrected chi connectivity index (χ1v) is 5.85. The average molecular weight is 225 g/mol. The van der Waals surface area contributed by atoms with E-state index in [0.717, 1.165) is 25.7 Å². The molecule has 1 heterocycles. The van der Waals surface area contributed by atoms with Crippen LogP contribution in [0.2, 0.25) is 0 Å². The van der Waals surface area contributed by atoms with E-state index in [1.807, 2.05) is 0 Å². The van der Waals surface area contributed by atoms with E-state index in [4.69, 9.17) is 4.74 Å². The molecule has 0 unspecified atom stereocenters. The van der Waals surface area contributed by atoms with Gasteiger partial charge >= 0.3 is 5.97 Å². The van der Waals surface area contributed by atoms with Gasteiger partial charge in [0, 0.05) is 6.42 Å². The summed E-state index contributed by atoms with van der Waals surface area (Å²) >= 11 is 0. The Morgan fingerprint density at radius 2 is 2.25 bits per heavy atom. The van der Waals surface area contributed by atoms with Crippen LogP contribution in [0.3, 0.4) is 0 Å². The molecule has 16 heavy (non-hydrogen) atoms. The predicted octanol–water partition coefficient (Wildman–Crippen LogP) is 1.39. The molecule has 1 aliphatic carbocycles. The highest BCUT2D eigenvalue weighted by Gasteiger charge is 2.49. The molecule has 0 aromatic heterocycles. The number of piperidine rings is 1. The number of hydrogen-bond donors (Lipinski definition) is 1. The summed E-state index contributed by atoms with van der Waals surface area (Å²) in [7, 11) is 1.39. The number of methoxy groups -OCH3 is 1. The van der Waals surface area contributed by atoms with Crippen molar-refractivity contribution in [2.75, 3.05) is 7.11 Å². The van der Waals surface area contributed by atoms with Gasteiger partial charge in [0.15, 0.2) is 0 Å². The molecule has 0 aromatic rings. The Morgan fingerprint density at radius 3 is 2.94 bits per heavy atom. The number of esters is 1. The first-order valence-electron chi connectivity index (χ1n) is 5.85. The topological polar surface area (TPSA) is 55.4 Å². The first kappa shape index (κ1) is 11.4. The lowest BCUT2D eigenvalue weighted by atomic mass is 9.62. The molecule has 2 bridgehead atoms. The van der Waals surface area contributed by atoms with Crippen LogP contribution < -0.4 is 5.32 Å². The van der Waals surface area contributed by atoms with Crippen LogP contribution in [0, 0.1) is 5.41 Å². The molecule has 2 aliphatic rings. The van der Waals surface area contributed by atoms with Crippen molar-refractivity contribution in [3.05, 3.63) is 0 Å². The van der Waals surface area contributed by atoms with E-state index in [9.17, 15) is 9.59 Å². The van der Waals surface area contributed by atoms with Crippen LogP contribution in [0.5, 0.6) is 0 Å². The summed E-state index contributed by atoms with van der Waals surface area (Å²) in [5.74, 6) is -0.149. The van der Waals surface area contributed by atoms with Crippen molar-refractivity contribution in [1.29, 1.82) is 0 Å². The van der Waals surface area contributed by atoms with Gasteiger partial charge in [0.2, 0.25) is 5.91 Å². The molecule has 2 atom stereocenters. The molecule has 1 amide bonds. The van der Waals surface area contributed by atoms with Crippen LogP contribution in [0.4, 0.5) is 0 Å². The minimum atomic E-state index is -0.338. The number of fused-ring (bicyclic) bond motifs is 2. The van der Waals surface area contributed by atoms with E-state index in [0.29, 0.717) is 12.8 Å². The smallest absolute Gasteiger partial charge is 0.307 e. The molecule has 0 radical (unpaired) electrons. The molecular weight excluding hydrogens is 206 g/mol. The van der Waals surface area contributed by atoms with Crippen LogP contribution in [-0.4, -0.2) is 24.5 Å². The number of carbonyl (C=O) groups is 2. The number of carbonyl (C=O) groups excluding carboxylic acids is 2. The molecule has 1 saturated carbocycles. The summed E-state index contributed by atoms with van der Waals surface area (Å²) in [6.07, 6.45) is 4.86. The fraction of sp³-hybridized carbons (Fsp3) is 0.833. The Kier molecular flexibility index (Phi) is 2.68. The minimum absolute atomic E-state index is 0.0780. The molecule has 90 valence electrons. The van der Waals surface area contributed by atoms with Crippen molar-refractivity contribution in [2.45, 2.75) is 51.0 Å². The Morgan fingerprint density at radius 1 is 1.50 bits per heavy atom. The number of ether oxygens (including phenoxy) is 1. The standard InChI is InChI=1S/C12H19NO3/c1-11-4-3-5-12(8-11,7-10(15)16-2)13-9(14)6-11/h3-8H2,1-2H3,(H,13,14)/t11-,12-/m1/s1. The Balaban J connectivity index is 2.18. The second kappa shape index (κ2) is 3.75. The van der Waals surface area contributed by atoms with Crippen molar-refractivity contribution in [3.8, 4) is 0 Å². The van der Waals surface area contributed by atoms with Gasteiger partial charge in [-0.15, -0.1) is 0 Å². The molecular formula is C12H19NO3. The van der Waals surface area contributed by atoms with Crippen LogP contribution in [0.15, 0.2) is 0 Å². The van der Waals surface area contributed by atoms with E-state index in [1.54, 1.807) is 0 Å². The molecule has 2 fully saturated rings. The third-order valence-corrected chi connectivity index (χ3v) is 3.90. The van der Waals surface area contributed by atoms with Crippen LogP contribution in [-0.2, 0) is 14.3 Å². The molecule has 4 heteroatoms. The zero-order valence-electron chi connectivity index (χ0n) is 9.97. The molecule has 1 aliphatic heterocycles. The maximum absolute atomic E-state index is 11.7. The van der Waals surface area contributed by atoms with Gasteiger partial charge in [-0.1, -0.05) is 13.3 Å². The van der Waals surface area contributed by atoms with Crippen molar-refractivity contribution in [1.82, 2.24) is 5.32 Å². The van der Waals surface area contributed by atoms with E-state index < -0.39 is 0 Å². The van der Waals surface area contributed by atoms with Gasteiger partial charge in [0.25, 0.3) is 0 Å². The van der Waals surface area contributed by atoms with Crippen LogP contribution in [0.25, 0.3) is 0 Å². The van der Waals surface area contributed by atoms with E-state index >= 15 is 0 Å². The summed E-state index contributed by atoms with van der Waals surface area (Å²) < 4.78 is 4.72. The molecule has 2 rings (SSSR count). The zero-order chi connectivity index (χ0) is 11.8. The lowest BCUT2D eigenvalue weighted by Gasteiger charge is -2.50. The predicted molar refractivity (Wildman–Crippen MR) is 58.7 cm³/mol. The highest BCUT2D eigenvalue weighted by Crippen LogP contribution is 2.48. The molecule has 0 aromatic carbocycles. The fourth-order valence-electron chi connectivity index (χ4n) is 3.38. The summed E-state index contributed by atoms with van der Waals surface area (Å²) in [5.41, 5.74) is -0.260. The van der Waals surface area contributed by atoms with E-state index in [-0.39, 0.29) is 22.8 Å². The highest BCUT2D eigenvalue weighted by molar-refractivity contribution is 5.80. The lowest BCUT2D eigenvalue weighted by Crippen LogP contribution is -2.59. The third kappa shape index (κ3) is 2.06. The Labute approximate surface area is 95.7 Å². The van der Waals surface area contributed by atoms with E-state index in [2.05, 4.69) is 12.2 Å².